The first-order valence-electron chi connectivity index (χ1n) is 6.45. The van der Waals surface area contributed by atoms with Crippen LogP contribution in [0.25, 0.3) is 0 Å². The predicted molar refractivity (Wildman–Crippen MR) is 71.3 cm³/mol. The molecule has 0 aromatic heterocycles. The Bertz CT molecular complexity index is 399. The van der Waals surface area contributed by atoms with Gasteiger partial charge in [0, 0.05) is 19.1 Å². The van der Waals surface area contributed by atoms with Gasteiger partial charge in [-0.3, -0.25) is 0 Å². The summed E-state index contributed by atoms with van der Waals surface area (Å²) in [6, 6.07) is 7.20. The molecule has 0 spiro atoms. The molecule has 1 aliphatic rings. The Balaban J connectivity index is 2.27. The molecule has 0 bridgehead atoms. The van der Waals surface area contributed by atoms with Gasteiger partial charge in [0.15, 0.2) is 0 Å². The predicted octanol–water partition coefficient (Wildman–Crippen LogP) is 1.72. The normalized spacial score (nSPS) is 26.1. The van der Waals surface area contributed by atoms with Gasteiger partial charge in [-0.1, -0.05) is 12.1 Å². The van der Waals surface area contributed by atoms with Crippen LogP contribution >= 0.6 is 0 Å². The maximum absolute atomic E-state index is 13.9. The van der Waals surface area contributed by atoms with E-state index >= 15 is 0 Å². The highest BCUT2D eigenvalue weighted by Crippen LogP contribution is 2.24. The summed E-state index contributed by atoms with van der Waals surface area (Å²) in [7, 11) is 2.05. The molecule has 1 fully saturated rings. The first kappa shape index (κ1) is 13.3. The number of nitrogens with zero attached hydrogens (tertiary/aromatic N) is 2. The first-order chi connectivity index (χ1) is 8.63. The fourth-order valence-electron chi connectivity index (χ4n) is 2.50. The standard InChI is InChI=1S/C14H21FN2O/c1-11-7-8-17(12(10-18)9-16(11)2)14-6-4-3-5-13(14)15/h3-6,11-12,18H,7-10H2,1-2H3. The minimum atomic E-state index is -0.215. The van der Waals surface area contributed by atoms with Crippen molar-refractivity contribution in [3.63, 3.8) is 0 Å². The maximum Gasteiger partial charge on any atom is 0.146 e. The van der Waals surface area contributed by atoms with Crippen molar-refractivity contribution >= 4 is 5.69 Å². The number of aliphatic hydroxyl groups is 1. The fourth-order valence-corrected chi connectivity index (χ4v) is 2.50. The summed E-state index contributed by atoms with van der Waals surface area (Å²) in [5.74, 6) is -0.215. The van der Waals surface area contributed by atoms with E-state index in [0.29, 0.717) is 11.7 Å². The summed E-state index contributed by atoms with van der Waals surface area (Å²) in [5.41, 5.74) is 0.596. The van der Waals surface area contributed by atoms with Crippen LogP contribution < -0.4 is 4.90 Å². The van der Waals surface area contributed by atoms with Crippen molar-refractivity contribution in [3.8, 4) is 0 Å². The van der Waals surface area contributed by atoms with Crippen molar-refractivity contribution in [1.29, 1.82) is 0 Å². The van der Waals surface area contributed by atoms with Gasteiger partial charge < -0.3 is 14.9 Å². The van der Waals surface area contributed by atoms with Crippen molar-refractivity contribution in [2.45, 2.75) is 25.4 Å². The Kier molecular flexibility index (Phi) is 4.19. The Morgan fingerprint density at radius 3 is 2.78 bits per heavy atom. The maximum atomic E-state index is 13.9. The number of benzene rings is 1. The van der Waals surface area contributed by atoms with Crippen LogP contribution in [0.2, 0.25) is 0 Å². The van der Waals surface area contributed by atoms with Crippen LogP contribution in [0.4, 0.5) is 10.1 Å². The molecule has 2 rings (SSSR count). The first-order valence-corrected chi connectivity index (χ1v) is 6.45. The zero-order chi connectivity index (χ0) is 13.1. The SMILES string of the molecule is CC1CCN(c2ccccc2F)C(CO)CN1C. The van der Waals surface area contributed by atoms with Crippen molar-refractivity contribution in [2.75, 3.05) is 31.6 Å². The molecule has 1 aliphatic heterocycles. The minimum Gasteiger partial charge on any atom is -0.394 e. The second-order valence-corrected chi connectivity index (χ2v) is 5.06. The summed E-state index contributed by atoms with van der Waals surface area (Å²) in [6.45, 7) is 3.74. The van der Waals surface area contributed by atoms with Crippen LogP contribution in [0.3, 0.4) is 0 Å². The number of likely N-dealkylation sites (N-methyl/N-ethyl adjacent to an activating group) is 1. The number of halogens is 1. The zero-order valence-corrected chi connectivity index (χ0v) is 11.0. The number of rotatable bonds is 2. The molecule has 1 N–H and O–H groups in total. The number of hydrogen-bond donors (Lipinski definition) is 1. The molecule has 1 saturated heterocycles. The molecule has 1 aromatic rings. The van der Waals surface area contributed by atoms with Crippen LogP contribution in [-0.4, -0.2) is 48.8 Å². The highest BCUT2D eigenvalue weighted by molar-refractivity contribution is 5.49. The van der Waals surface area contributed by atoms with E-state index in [0.717, 1.165) is 19.5 Å². The molecule has 0 aliphatic carbocycles. The molecule has 0 amide bonds. The topological polar surface area (TPSA) is 26.7 Å². The lowest BCUT2D eigenvalue weighted by Crippen LogP contribution is -2.43. The molecular formula is C14H21FN2O. The van der Waals surface area contributed by atoms with Gasteiger partial charge in [0.1, 0.15) is 5.82 Å². The van der Waals surface area contributed by atoms with Crippen LogP contribution in [0.15, 0.2) is 24.3 Å². The summed E-state index contributed by atoms with van der Waals surface area (Å²) >= 11 is 0. The van der Waals surface area contributed by atoms with Gasteiger partial charge in [-0.25, -0.2) is 4.39 Å². The highest BCUT2D eigenvalue weighted by atomic mass is 19.1. The molecule has 18 heavy (non-hydrogen) atoms. The van der Waals surface area contributed by atoms with Gasteiger partial charge >= 0.3 is 0 Å². The van der Waals surface area contributed by atoms with E-state index < -0.39 is 0 Å². The van der Waals surface area contributed by atoms with Gasteiger partial charge in [0.2, 0.25) is 0 Å². The molecule has 4 heteroatoms. The Hall–Kier alpha value is -1.13. The molecule has 1 heterocycles. The summed E-state index contributed by atoms with van der Waals surface area (Å²) in [6.07, 6.45) is 0.974. The van der Waals surface area contributed by atoms with E-state index in [2.05, 4.69) is 18.9 Å². The van der Waals surface area contributed by atoms with Crippen LogP contribution in [0, 0.1) is 5.82 Å². The minimum absolute atomic E-state index is 0.0446. The van der Waals surface area contributed by atoms with E-state index in [1.165, 1.54) is 6.07 Å². The van der Waals surface area contributed by atoms with Crippen molar-refractivity contribution in [2.24, 2.45) is 0 Å². The van der Waals surface area contributed by atoms with E-state index in [4.69, 9.17) is 0 Å². The molecule has 100 valence electrons. The second-order valence-electron chi connectivity index (χ2n) is 5.06. The van der Waals surface area contributed by atoms with Gasteiger partial charge in [-0.2, -0.15) is 0 Å². The van der Waals surface area contributed by atoms with Gasteiger partial charge in [-0.05, 0) is 32.5 Å². The Labute approximate surface area is 108 Å². The second kappa shape index (κ2) is 5.67. The van der Waals surface area contributed by atoms with Crippen LogP contribution in [-0.2, 0) is 0 Å². The molecule has 1 aromatic carbocycles. The number of hydrogen-bond acceptors (Lipinski definition) is 3. The van der Waals surface area contributed by atoms with Crippen LogP contribution in [0.5, 0.6) is 0 Å². The molecule has 2 unspecified atom stereocenters. The van der Waals surface area contributed by atoms with E-state index in [9.17, 15) is 9.50 Å². The van der Waals surface area contributed by atoms with E-state index in [-0.39, 0.29) is 18.5 Å². The lowest BCUT2D eigenvalue weighted by molar-refractivity contribution is 0.206. The monoisotopic (exact) mass is 252 g/mol. The third-order valence-corrected chi connectivity index (χ3v) is 3.85. The van der Waals surface area contributed by atoms with Gasteiger partial charge in [0.05, 0.1) is 18.3 Å². The number of para-hydroxylation sites is 1. The number of aliphatic hydroxyl groups excluding tert-OH is 1. The average molecular weight is 252 g/mol. The third-order valence-electron chi connectivity index (χ3n) is 3.85. The smallest absolute Gasteiger partial charge is 0.146 e. The van der Waals surface area contributed by atoms with E-state index in [1.807, 2.05) is 11.0 Å². The third kappa shape index (κ3) is 2.65. The number of anilines is 1. The van der Waals surface area contributed by atoms with E-state index in [1.54, 1.807) is 12.1 Å². The average Bonchev–Trinajstić information content (AvgIpc) is 2.51. The van der Waals surface area contributed by atoms with Gasteiger partial charge in [-0.15, -0.1) is 0 Å². The summed E-state index contributed by atoms with van der Waals surface area (Å²) < 4.78 is 13.9. The van der Waals surface area contributed by atoms with Gasteiger partial charge in [0.25, 0.3) is 0 Å². The highest BCUT2D eigenvalue weighted by Gasteiger charge is 2.27. The van der Waals surface area contributed by atoms with Crippen molar-refractivity contribution in [3.05, 3.63) is 30.1 Å². The molecule has 2 atom stereocenters. The lowest BCUT2D eigenvalue weighted by Gasteiger charge is -2.31. The molecular weight excluding hydrogens is 231 g/mol. The van der Waals surface area contributed by atoms with Crippen molar-refractivity contribution in [1.82, 2.24) is 4.90 Å². The summed E-state index contributed by atoms with van der Waals surface area (Å²) in [4.78, 5) is 4.22. The lowest BCUT2D eigenvalue weighted by atomic mass is 10.2. The largest absolute Gasteiger partial charge is 0.394 e. The Morgan fingerprint density at radius 2 is 2.11 bits per heavy atom. The zero-order valence-electron chi connectivity index (χ0n) is 11.0. The summed E-state index contributed by atoms with van der Waals surface area (Å²) in [5, 5.41) is 9.55. The quantitative estimate of drug-likeness (QED) is 0.868. The van der Waals surface area contributed by atoms with Crippen LogP contribution in [0.1, 0.15) is 13.3 Å². The fraction of sp³-hybridized carbons (Fsp3) is 0.571. The molecule has 3 nitrogen and oxygen atoms in total. The molecule has 0 radical (unpaired) electrons. The Morgan fingerprint density at radius 1 is 1.39 bits per heavy atom. The van der Waals surface area contributed by atoms with Crippen molar-refractivity contribution < 1.29 is 9.50 Å². The molecule has 0 saturated carbocycles.